The van der Waals surface area contributed by atoms with Gasteiger partial charge in [0.2, 0.25) is 5.91 Å². The van der Waals surface area contributed by atoms with Crippen molar-refractivity contribution in [1.82, 2.24) is 5.32 Å². The van der Waals surface area contributed by atoms with E-state index in [1.165, 1.54) is 116 Å². The highest BCUT2D eigenvalue weighted by atomic mass is 16.1. The summed E-state index contributed by atoms with van der Waals surface area (Å²) in [5.41, 5.74) is 0.775. The number of rotatable bonds is 23. The van der Waals surface area contributed by atoms with Crippen LogP contribution in [-0.4, -0.2) is 12.5 Å². The van der Waals surface area contributed by atoms with Crippen LogP contribution in [0.2, 0.25) is 0 Å². The summed E-state index contributed by atoms with van der Waals surface area (Å²) in [7, 11) is 0. The van der Waals surface area contributed by atoms with Crippen LogP contribution in [0.3, 0.4) is 0 Å². The first-order chi connectivity index (χ1) is 14.2. The summed E-state index contributed by atoms with van der Waals surface area (Å²) in [6, 6.07) is 0. The second-order valence-electron chi connectivity index (χ2n) is 8.97. The molecular weight excluding hydrogens is 354 g/mol. The van der Waals surface area contributed by atoms with Crippen molar-refractivity contribution in [2.45, 2.75) is 149 Å². The van der Waals surface area contributed by atoms with E-state index in [0.29, 0.717) is 0 Å². The monoisotopic (exact) mass is 407 g/mol. The van der Waals surface area contributed by atoms with Crippen molar-refractivity contribution < 1.29 is 4.79 Å². The average Bonchev–Trinajstić information content (AvgIpc) is 2.73. The van der Waals surface area contributed by atoms with Crippen LogP contribution < -0.4 is 5.32 Å². The Morgan fingerprint density at radius 2 is 0.897 bits per heavy atom. The highest BCUT2D eigenvalue weighted by Gasteiger charge is 2.05. The standard InChI is InChI=1S/C27H53NO/c1-4-6-8-10-12-14-16-18-20-22-24-26(3)27(29)28-25-23-21-19-17-15-13-11-9-7-5-2/h3-25H2,1-2H3,(H,28,29). The van der Waals surface area contributed by atoms with Gasteiger partial charge in [0.15, 0.2) is 0 Å². The predicted octanol–water partition coefficient (Wildman–Crippen LogP) is 8.89. The predicted molar refractivity (Wildman–Crippen MR) is 130 cm³/mol. The number of hydrogen-bond acceptors (Lipinski definition) is 1. The zero-order valence-corrected chi connectivity index (χ0v) is 20.2. The Labute approximate surface area is 183 Å². The molecule has 1 amide bonds. The number of nitrogens with one attached hydrogen (secondary N) is 1. The largest absolute Gasteiger partial charge is 0.352 e. The lowest BCUT2D eigenvalue weighted by atomic mass is 10.0. The maximum Gasteiger partial charge on any atom is 0.246 e. The Balaban J connectivity index is 3.32. The van der Waals surface area contributed by atoms with Crippen molar-refractivity contribution in [2.75, 3.05) is 6.54 Å². The Morgan fingerprint density at radius 1 is 0.552 bits per heavy atom. The lowest BCUT2D eigenvalue weighted by molar-refractivity contribution is -0.117. The summed E-state index contributed by atoms with van der Waals surface area (Å²) in [6.45, 7) is 9.34. The van der Waals surface area contributed by atoms with Gasteiger partial charge in [0.25, 0.3) is 0 Å². The number of carbonyl (C=O) groups is 1. The quantitative estimate of drug-likeness (QED) is 0.133. The van der Waals surface area contributed by atoms with Crippen LogP contribution in [0.15, 0.2) is 12.2 Å². The van der Waals surface area contributed by atoms with Crippen molar-refractivity contribution in [1.29, 1.82) is 0 Å². The summed E-state index contributed by atoms with van der Waals surface area (Å²) >= 11 is 0. The van der Waals surface area contributed by atoms with Gasteiger partial charge in [0.1, 0.15) is 0 Å². The lowest BCUT2D eigenvalue weighted by Crippen LogP contribution is -2.25. The van der Waals surface area contributed by atoms with Crippen LogP contribution in [0.4, 0.5) is 0 Å². The van der Waals surface area contributed by atoms with Crippen molar-refractivity contribution in [3.63, 3.8) is 0 Å². The molecule has 0 atom stereocenters. The summed E-state index contributed by atoms with van der Waals surface area (Å²) in [5.74, 6) is 0.0804. The first-order valence-electron chi connectivity index (χ1n) is 13.2. The van der Waals surface area contributed by atoms with Crippen molar-refractivity contribution in [2.24, 2.45) is 0 Å². The Bertz CT molecular complexity index is 364. The normalized spacial score (nSPS) is 11.0. The molecule has 0 aliphatic rings. The third kappa shape index (κ3) is 21.7. The molecule has 0 aromatic rings. The molecule has 0 spiro atoms. The molecule has 0 heterocycles. The molecule has 0 rings (SSSR count). The Morgan fingerprint density at radius 3 is 1.31 bits per heavy atom. The molecule has 2 heteroatoms. The molecule has 0 saturated carbocycles. The molecule has 0 unspecified atom stereocenters. The molecule has 0 aromatic heterocycles. The van der Waals surface area contributed by atoms with Gasteiger partial charge in [-0.05, 0) is 19.3 Å². The molecule has 172 valence electrons. The summed E-state index contributed by atoms with van der Waals surface area (Å²) < 4.78 is 0. The van der Waals surface area contributed by atoms with Crippen LogP contribution in [0.25, 0.3) is 0 Å². The minimum atomic E-state index is 0.0804. The fourth-order valence-electron chi connectivity index (χ4n) is 3.88. The fourth-order valence-corrected chi connectivity index (χ4v) is 3.88. The molecule has 0 aliphatic carbocycles. The molecule has 29 heavy (non-hydrogen) atoms. The fraction of sp³-hybridized carbons (Fsp3) is 0.889. The molecule has 0 saturated heterocycles. The lowest BCUT2D eigenvalue weighted by Gasteiger charge is -2.08. The Hall–Kier alpha value is -0.790. The molecule has 1 N–H and O–H groups in total. The van der Waals surface area contributed by atoms with E-state index in [4.69, 9.17) is 0 Å². The van der Waals surface area contributed by atoms with Crippen LogP contribution >= 0.6 is 0 Å². The summed E-state index contributed by atoms with van der Waals surface area (Å²) in [4.78, 5) is 12.1. The minimum absolute atomic E-state index is 0.0804. The van der Waals surface area contributed by atoms with Crippen molar-refractivity contribution in [3.05, 3.63) is 12.2 Å². The third-order valence-electron chi connectivity index (χ3n) is 5.97. The molecule has 0 aromatic carbocycles. The van der Waals surface area contributed by atoms with Crippen molar-refractivity contribution >= 4 is 5.91 Å². The maximum absolute atomic E-state index is 12.1. The van der Waals surface area contributed by atoms with Gasteiger partial charge < -0.3 is 5.32 Å². The molecule has 0 aliphatic heterocycles. The SMILES string of the molecule is C=C(CCCCCCCCCCCC)C(=O)NCCCCCCCCCCCC. The van der Waals surface area contributed by atoms with Gasteiger partial charge in [-0.2, -0.15) is 0 Å². The van der Waals surface area contributed by atoms with Gasteiger partial charge in [-0.25, -0.2) is 0 Å². The van der Waals surface area contributed by atoms with E-state index in [0.717, 1.165) is 31.4 Å². The summed E-state index contributed by atoms with van der Waals surface area (Å²) in [5, 5.41) is 3.05. The number of hydrogen-bond donors (Lipinski definition) is 1. The third-order valence-corrected chi connectivity index (χ3v) is 5.97. The molecule has 0 radical (unpaired) electrons. The second kappa shape index (κ2) is 23.5. The van der Waals surface area contributed by atoms with E-state index < -0.39 is 0 Å². The minimum Gasteiger partial charge on any atom is -0.352 e. The smallest absolute Gasteiger partial charge is 0.246 e. The molecular formula is C27H53NO. The van der Waals surface area contributed by atoms with Crippen molar-refractivity contribution in [3.8, 4) is 0 Å². The van der Waals surface area contributed by atoms with Crippen LogP contribution in [0.1, 0.15) is 149 Å². The van der Waals surface area contributed by atoms with E-state index in [9.17, 15) is 4.79 Å². The van der Waals surface area contributed by atoms with Crippen LogP contribution in [-0.2, 0) is 4.79 Å². The topological polar surface area (TPSA) is 29.1 Å². The number of unbranched alkanes of at least 4 members (excludes halogenated alkanes) is 18. The second-order valence-corrected chi connectivity index (χ2v) is 8.97. The van der Waals surface area contributed by atoms with E-state index in [1.807, 2.05) is 0 Å². The van der Waals surface area contributed by atoms with E-state index >= 15 is 0 Å². The van der Waals surface area contributed by atoms with Gasteiger partial charge in [0.05, 0.1) is 0 Å². The first-order valence-corrected chi connectivity index (χ1v) is 13.2. The summed E-state index contributed by atoms with van der Waals surface area (Å²) in [6.07, 6.45) is 27.5. The van der Waals surface area contributed by atoms with Gasteiger partial charge >= 0.3 is 0 Å². The highest BCUT2D eigenvalue weighted by Crippen LogP contribution is 2.13. The molecule has 0 bridgehead atoms. The number of carbonyl (C=O) groups excluding carboxylic acids is 1. The highest BCUT2D eigenvalue weighted by molar-refractivity contribution is 5.92. The van der Waals surface area contributed by atoms with E-state index in [-0.39, 0.29) is 5.91 Å². The van der Waals surface area contributed by atoms with Gasteiger partial charge in [-0.1, -0.05) is 136 Å². The zero-order valence-electron chi connectivity index (χ0n) is 20.2. The molecule has 2 nitrogen and oxygen atoms in total. The zero-order chi connectivity index (χ0) is 21.4. The van der Waals surface area contributed by atoms with Crippen LogP contribution in [0.5, 0.6) is 0 Å². The average molecular weight is 408 g/mol. The van der Waals surface area contributed by atoms with Gasteiger partial charge in [-0.3, -0.25) is 4.79 Å². The Kier molecular flexibility index (Phi) is 22.8. The maximum atomic E-state index is 12.1. The first kappa shape index (κ1) is 28.2. The molecule has 0 fully saturated rings. The van der Waals surface area contributed by atoms with E-state index in [1.54, 1.807) is 0 Å². The van der Waals surface area contributed by atoms with E-state index in [2.05, 4.69) is 25.7 Å². The number of amides is 1. The van der Waals surface area contributed by atoms with Gasteiger partial charge in [-0.15, -0.1) is 0 Å². The van der Waals surface area contributed by atoms with Gasteiger partial charge in [0, 0.05) is 12.1 Å². The van der Waals surface area contributed by atoms with Crippen LogP contribution in [0, 0.1) is 0 Å².